The minimum absolute atomic E-state index is 0.886. The van der Waals surface area contributed by atoms with Crippen molar-refractivity contribution in [3.05, 3.63) is 89.2 Å². The molecule has 0 aliphatic rings. The van der Waals surface area contributed by atoms with Gasteiger partial charge in [-0.25, -0.2) is 0 Å². The lowest BCUT2D eigenvalue weighted by molar-refractivity contribution is 1.44. The van der Waals surface area contributed by atoms with Crippen LogP contribution in [0.1, 0.15) is 27.8 Å². The van der Waals surface area contributed by atoms with Crippen LogP contribution in [0.4, 0.5) is 0 Å². The molecule has 104 valence electrons. The van der Waals surface area contributed by atoms with Gasteiger partial charge in [-0.05, 0) is 42.7 Å². The van der Waals surface area contributed by atoms with E-state index in [1.54, 1.807) is 6.08 Å². The van der Waals surface area contributed by atoms with Crippen LogP contribution < -0.4 is 0 Å². The van der Waals surface area contributed by atoms with Crippen molar-refractivity contribution in [2.75, 3.05) is 0 Å². The van der Waals surface area contributed by atoms with Gasteiger partial charge in [0.2, 0.25) is 0 Å². The van der Waals surface area contributed by atoms with Crippen LogP contribution in [0.2, 0.25) is 0 Å². The maximum atomic E-state index is 5.31. The largest absolute Gasteiger partial charge is 0.128 e. The summed E-state index contributed by atoms with van der Waals surface area (Å²) < 4.78 is 0. The first-order chi connectivity index (χ1) is 10.1. The molecule has 0 N–H and O–H groups in total. The third-order valence-corrected chi connectivity index (χ3v) is 3.03. The van der Waals surface area contributed by atoms with Gasteiger partial charge in [0.25, 0.3) is 0 Å². The number of hydrogen-bond donors (Lipinski definition) is 0. The van der Waals surface area contributed by atoms with Gasteiger partial charge in [-0.3, -0.25) is 0 Å². The van der Waals surface area contributed by atoms with Crippen molar-refractivity contribution in [2.24, 2.45) is 0 Å². The average Bonchev–Trinajstić information content (AvgIpc) is 2.49. The first-order valence-corrected chi connectivity index (χ1v) is 6.73. The van der Waals surface area contributed by atoms with E-state index in [0.29, 0.717) is 0 Å². The highest BCUT2D eigenvalue weighted by Gasteiger charge is 1.95. The van der Waals surface area contributed by atoms with E-state index in [2.05, 4.69) is 43.9 Å². The second-order valence-corrected chi connectivity index (χ2v) is 4.64. The Kier molecular flexibility index (Phi) is 6.55. The zero-order valence-electron chi connectivity index (χ0n) is 12.7. The van der Waals surface area contributed by atoms with Gasteiger partial charge >= 0.3 is 0 Å². The Morgan fingerprint density at radius 2 is 1.76 bits per heavy atom. The molecule has 0 saturated carbocycles. The minimum Gasteiger partial charge on any atom is -0.128 e. The number of rotatable bonds is 2. The average molecular weight is 272 g/mol. The Hall–Kier alpha value is -2.74. The minimum atomic E-state index is 0.886. The van der Waals surface area contributed by atoms with Crippen molar-refractivity contribution in [2.45, 2.75) is 13.8 Å². The fraction of sp³-hybridized carbons (Fsp3) is 0.0952. The molecule has 0 atom stereocenters. The summed E-state index contributed by atoms with van der Waals surface area (Å²) in [4.78, 5) is 0. The van der Waals surface area contributed by atoms with E-state index in [-0.39, 0.29) is 0 Å². The molecule has 0 amide bonds. The standard InChI is InChI=1S/C12H10.C9H10/c1-4-6-12-9-10(3)7-8-11(12)5-2;1-3-9-7-5-4-6-8(9)2/h2,6-9H,1H2,3H3;3-7H,1H2,2H3. The van der Waals surface area contributed by atoms with E-state index in [0.717, 1.165) is 11.1 Å². The zero-order valence-corrected chi connectivity index (χ0v) is 12.7. The molecule has 2 aromatic rings. The Morgan fingerprint density at radius 1 is 1.05 bits per heavy atom. The smallest absolute Gasteiger partial charge is 0.0321 e. The van der Waals surface area contributed by atoms with E-state index in [4.69, 9.17) is 6.42 Å². The van der Waals surface area contributed by atoms with Crippen molar-refractivity contribution >= 4 is 12.2 Å². The molecule has 0 heteroatoms. The van der Waals surface area contributed by atoms with Gasteiger partial charge in [0.1, 0.15) is 0 Å². The summed E-state index contributed by atoms with van der Waals surface area (Å²) >= 11 is 0. The van der Waals surface area contributed by atoms with Crippen molar-refractivity contribution in [3.63, 3.8) is 0 Å². The summed E-state index contributed by atoms with van der Waals surface area (Å²) in [6.07, 6.45) is 8.98. The molecule has 0 spiro atoms. The van der Waals surface area contributed by atoms with Crippen LogP contribution in [0.5, 0.6) is 0 Å². The summed E-state index contributed by atoms with van der Waals surface area (Å²) in [5.41, 5.74) is 8.30. The SMILES string of the molecule is C#Cc1ccc(C)cc1C=C=C.C=Cc1ccccc1C. The quantitative estimate of drug-likeness (QED) is 0.506. The molecule has 2 aromatic carbocycles. The third kappa shape index (κ3) is 5.03. The Balaban J connectivity index is 0.000000219. The van der Waals surface area contributed by atoms with Crippen LogP contribution in [0.25, 0.3) is 12.2 Å². The van der Waals surface area contributed by atoms with Gasteiger partial charge in [0, 0.05) is 5.56 Å². The van der Waals surface area contributed by atoms with Gasteiger partial charge in [0.05, 0.1) is 0 Å². The topological polar surface area (TPSA) is 0 Å². The molecular weight excluding hydrogens is 252 g/mol. The van der Waals surface area contributed by atoms with Gasteiger partial charge in [-0.1, -0.05) is 67.1 Å². The Labute approximate surface area is 128 Å². The predicted molar refractivity (Wildman–Crippen MR) is 94.0 cm³/mol. The number of terminal acetylenes is 1. The molecule has 0 radical (unpaired) electrons. The van der Waals surface area contributed by atoms with Crippen LogP contribution in [-0.4, -0.2) is 0 Å². The zero-order chi connectivity index (χ0) is 15.7. The second-order valence-electron chi connectivity index (χ2n) is 4.64. The maximum Gasteiger partial charge on any atom is 0.0321 e. The summed E-state index contributed by atoms with van der Waals surface area (Å²) in [6, 6.07) is 14.1. The molecule has 0 heterocycles. The lowest BCUT2D eigenvalue weighted by Gasteiger charge is -1.98. The van der Waals surface area contributed by atoms with E-state index in [1.807, 2.05) is 43.3 Å². The van der Waals surface area contributed by atoms with Crippen molar-refractivity contribution in [3.8, 4) is 12.3 Å². The van der Waals surface area contributed by atoms with Crippen LogP contribution >= 0.6 is 0 Å². The summed E-state index contributed by atoms with van der Waals surface area (Å²) in [5, 5.41) is 0. The summed E-state index contributed by atoms with van der Waals surface area (Å²) in [7, 11) is 0. The molecule has 0 aliphatic carbocycles. The maximum absolute atomic E-state index is 5.31. The fourth-order valence-electron chi connectivity index (χ4n) is 1.86. The third-order valence-electron chi connectivity index (χ3n) is 3.03. The monoisotopic (exact) mass is 272 g/mol. The normalized spacial score (nSPS) is 8.62. The van der Waals surface area contributed by atoms with Crippen LogP contribution in [0.15, 0.2) is 61.4 Å². The highest BCUT2D eigenvalue weighted by Crippen LogP contribution is 2.11. The molecule has 0 aromatic heterocycles. The van der Waals surface area contributed by atoms with E-state index >= 15 is 0 Å². The number of benzene rings is 2. The van der Waals surface area contributed by atoms with E-state index in [9.17, 15) is 0 Å². The predicted octanol–water partition coefficient (Wildman–Crippen LogP) is 5.41. The molecule has 0 unspecified atom stereocenters. The van der Waals surface area contributed by atoms with Gasteiger partial charge < -0.3 is 0 Å². The molecule has 2 rings (SSSR count). The first-order valence-electron chi connectivity index (χ1n) is 6.73. The van der Waals surface area contributed by atoms with Gasteiger partial charge in [0.15, 0.2) is 0 Å². The highest BCUT2D eigenvalue weighted by atomic mass is 14.0. The molecule has 0 nitrogen and oxygen atoms in total. The molecule has 0 bridgehead atoms. The van der Waals surface area contributed by atoms with E-state index in [1.165, 1.54) is 16.7 Å². The summed E-state index contributed by atoms with van der Waals surface area (Å²) in [6.45, 7) is 11.3. The Morgan fingerprint density at radius 3 is 2.29 bits per heavy atom. The second kappa shape index (κ2) is 8.43. The number of hydrogen-bond acceptors (Lipinski definition) is 0. The summed E-state index contributed by atoms with van der Waals surface area (Å²) in [5.74, 6) is 2.61. The first kappa shape index (κ1) is 16.3. The van der Waals surface area contributed by atoms with E-state index < -0.39 is 0 Å². The van der Waals surface area contributed by atoms with Gasteiger partial charge in [-0.2, -0.15) is 0 Å². The van der Waals surface area contributed by atoms with Crippen LogP contribution in [0.3, 0.4) is 0 Å². The molecular formula is C21H20. The van der Waals surface area contributed by atoms with Crippen molar-refractivity contribution in [1.29, 1.82) is 0 Å². The Bertz CT molecular complexity index is 705. The fourth-order valence-corrected chi connectivity index (χ4v) is 1.86. The number of aryl methyl sites for hydroxylation is 2. The lowest BCUT2D eigenvalue weighted by Crippen LogP contribution is -1.82. The molecule has 21 heavy (non-hydrogen) atoms. The highest BCUT2D eigenvalue weighted by molar-refractivity contribution is 5.59. The van der Waals surface area contributed by atoms with Crippen molar-refractivity contribution < 1.29 is 0 Å². The van der Waals surface area contributed by atoms with Gasteiger partial charge in [-0.15, -0.1) is 12.2 Å². The molecule has 0 aliphatic heterocycles. The van der Waals surface area contributed by atoms with Crippen LogP contribution in [-0.2, 0) is 0 Å². The van der Waals surface area contributed by atoms with Crippen LogP contribution in [0, 0.1) is 26.2 Å². The lowest BCUT2D eigenvalue weighted by atomic mass is 10.1. The van der Waals surface area contributed by atoms with Crippen molar-refractivity contribution in [1.82, 2.24) is 0 Å². The molecule has 0 fully saturated rings. The molecule has 0 saturated heterocycles.